The number of hydrogen-bond donors (Lipinski definition) is 3. The number of carbonyl (C=O) groups excluding carboxylic acids is 3. The first-order valence-corrected chi connectivity index (χ1v) is 16.0. The van der Waals surface area contributed by atoms with E-state index in [-0.39, 0.29) is 11.6 Å². The van der Waals surface area contributed by atoms with E-state index < -0.39 is 17.1 Å². The van der Waals surface area contributed by atoms with Gasteiger partial charge in [-0.1, -0.05) is 83.9 Å². The summed E-state index contributed by atoms with van der Waals surface area (Å²) in [6.07, 6.45) is 1.58. The van der Waals surface area contributed by atoms with Crippen LogP contribution in [0.3, 0.4) is 0 Å². The standard InChI is InChI=1S/C37H29Cl2N3O4S/c1-46-29-14-8-9-24(21-29)22-33(42-35(43)26-12-6-3-7-13-26)36(44)40-27-15-18-30(19-16-27)47-34(25-10-4-2-5-11-25)37(45)41-28-17-20-31(38)32(39)23-28/h2-23,34H,1H3,(H,40,44)(H,41,45)(H,42,43)/b33-22-. The average Bonchev–Trinajstić information content (AvgIpc) is 3.10. The van der Waals surface area contributed by atoms with E-state index >= 15 is 0 Å². The minimum absolute atomic E-state index is 0.0497. The molecule has 5 rings (SSSR count). The molecular formula is C37H29Cl2N3O4S. The summed E-state index contributed by atoms with van der Waals surface area (Å²) in [5.41, 5.74) is 2.97. The molecule has 0 saturated carbocycles. The molecule has 0 saturated heterocycles. The monoisotopic (exact) mass is 681 g/mol. The largest absolute Gasteiger partial charge is 0.497 e. The smallest absolute Gasteiger partial charge is 0.272 e. The van der Waals surface area contributed by atoms with Crippen molar-refractivity contribution in [3.63, 3.8) is 0 Å². The van der Waals surface area contributed by atoms with Gasteiger partial charge in [-0.3, -0.25) is 14.4 Å². The quantitative estimate of drug-likeness (QED) is 0.0956. The van der Waals surface area contributed by atoms with Crippen LogP contribution in [0.5, 0.6) is 5.75 Å². The maximum Gasteiger partial charge on any atom is 0.272 e. The number of anilines is 2. The van der Waals surface area contributed by atoms with Gasteiger partial charge in [-0.05, 0) is 83.9 Å². The van der Waals surface area contributed by atoms with Crippen molar-refractivity contribution in [2.24, 2.45) is 0 Å². The van der Waals surface area contributed by atoms with Crippen molar-refractivity contribution in [3.8, 4) is 5.75 Å². The molecule has 0 aromatic heterocycles. The summed E-state index contributed by atoms with van der Waals surface area (Å²) < 4.78 is 5.31. The number of thioether (sulfide) groups is 1. The number of hydrogen-bond acceptors (Lipinski definition) is 5. The number of halogens is 2. The Morgan fingerprint density at radius 3 is 2.09 bits per heavy atom. The first-order chi connectivity index (χ1) is 22.8. The minimum Gasteiger partial charge on any atom is -0.497 e. The lowest BCUT2D eigenvalue weighted by molar-refractivity contribution is -0.116. The lowest BCUT2D eigenvalue weighted by Crippen LogP contribution is -2.30. The lowest BCUT2D eigenvalue weighted by atomic mass is 10.1. The third-order valence-corrected chi connectivity index (χ3v) is 8.83. The maximum absolute atomic E-state index is 13.5. The molecule has 5 aromatic rings. The van der Waals surface area contributed by atoms with Gasteiger partial charge in [-0.2, -0.15) is 0 Å². The minimum atomic E-state index is -0.586. The van der Waals surface area contributed by atoms with Crippen LogP contribution in [-0.2, 0) is 9.59 Å². The van der Waals surface area contributed by atoms with Crippen molar-refractivity contribution < 1.29 is 19.1 Å². The van der Waals surface area contributed by atoms with Crippen LogP contribution in [0.1, 0.15) is 26.7 Å². The van der Waals surface area contributed by atoms with Crippen LogP contribution in [0.2, 0.25) is 10.0 Å². The molecule has 0 aliphatic rings. The van der Waals surface area contributed by atoms with Crippen LogP contribution >= 0.6 is 35.0 Å². The molecule has 3 N–H and O–H groups in total. The van der Waals surface area contributed by atoms with Gasteiger partial charge in [0.25, 0.3) is 11.8 Å². The lowest BCUT2D eigenvalue weighted by Gasteiger charge is -2.18. The van der Waals surface area contributed by atoms with Crippen molar-refractivity contribution in [1.29, 1.82) is 0 Å². The van der Waals surface area contributed by atoms with Gasteiger partial charge in [0.15, 0.2) is 0 Å². The van der Waals surface area contributed by atoms with Gasteiger partial charge in [0.1, 0.15) is 16.7 Å². The number of ether oxygens (including phenoxy) is 1. The second-order valence-electron chi connectivity index (χ2n) is 10.2. The Morgan fingerprint density at radius 2 is 1.40 bits per heavy atom. The Kier molecular flexibility index (Phi) is 11.4. The molecule has 1 atom stereocenters. The van der Waals surface area contributed by atoms with Crippen LogP contribution in [0, 0.1) is 0 Å². The summed E-state index contributed by atoms with van der Waals surface area (Å²) >= 11 is 13.5. The highest BCUT2D eigenvalue weighted by Gasteiger charge is 2.23. The van der Waals surface area contributed by atoms with E-state index in [1.165, 1.54) is 11.8 Å². The summed E-state index contributed by atoms with van der Waals surface area (Å²) in [7, 11) is 1.56. The van der Waals surface area contributed by atoms with E-state index in [1.807, 2.05) is 48.5 Å². The Bertz CT molecular complexity index is 1900. The number of methoxy groups -OCH3 is 1. The van der Waals surface area contributed by atoms with Gasteiger partial charge in [-0.25, -0.2) is 0 Å². The van der Waals surface area contributed by atoms with E-state index in [0.717, 1.165) is 10.5 Å². The fourth-order valence-electron chi connectivity index (χ4n) is 4.47. The molecule has 0 bridgehead atoms. The maximum atomic E-state index is 13.5. The fraction of sp³-hybridized carbons (Fsp3) is 0.0541. The summed E-state index contributed by atoms with van der Waals surface area (Å²) in [5, 5.41) is 8.67. The predicted molar refractivity (Wildman–Crippen MR) is 190 cm³/mol. The number of amides is 3. The molecule has 0 heterocycles. The molecule has 1 unspecified atom stereocenters. The first kappa shape index (κ1) is 33.3. The van der Waals surface area contributed by atoms with Crippen molar-refractivity contribution in [2.75, 3.05) is 17.7 Å². The summed E-state index contributed by atoms with van der Waals surface area (Å²) in [6.45, 7) is 0. The summed E-state index contributed by atoms with van der Waals surface area (Å²) in [4.78, 5) is 40.7. The molecule has 0 radical (unpaired) electrons. The van der Waals surface area contributed by atoms with Gasteiger partial charge >= 0.3 is 0 Å². The van der Waals surface area contributed by atoms with Crippen LogP contribution in [0.25, 0.3) is 6.08 Å². The number of nitrogens with one attached hydrogen (secondary N) is 3. The van der Waals surface area contributed by atoms with E-state index in [0.29, 0.717) is 38.3 Å². The van der Waals surface area contributed by atoms with Gasteiger partial charge in [0.05, 0.1) is 17.2 Å². The number of rotatable bonds is 11. The number of carbonyl (C=O) groups is 3. The second kappa shape index (κ2) is 16.0. The van der Waals surface area contributed by atoms with Gasteiger partial charge in [0.2, 0.25) is 5.91 Å². The molecule has 0 aliphatic carbocycles. The van der Waals surface area contributed by atoms with Crippen LogP contribution < -0.4 is 20.7 Å². The molecule has 47 heavy (non-hydrogen) atoms. The van der Waals surface area contributed by atoms with Gasteiger partial charge in [0, 0.05) is 21.8 Å². The molecule has 5 aromatic carbocycles. The Morgan fingerprint density at radius 1 is 0.723 bits per heavy atom. The summed E-state index contributed by atoms with van der Waals surface area (Å²) in [6, 6.07) is 37.2. The molecule has 0 fully saturated rings. The second-order valence-corrected chi connectivity index (χ2v) is 12.2. The Hall–Kier alpha value is -5.02. The Balaban J connectivity index is 1.33. The van der Waals surface area contributed by atoms with Crippen LogP contribution in [-0.4, -0.2) is 24.8 Å². The zero-order valence-corrected chi connectivity index (χ0v) is 27.4. The highest BCUT2D eigenvalue weighted by atomic mass is 35.5. The molecule has 0 spiro atoms. The van der Waals surface area contributed by atoms with Crippen molar-refractivity contribution in [2.45, 2.75) is 10.1 Å². The third kappa shape index (κ3) is 9.26. The molecule has 7 nitrogen and oxygen atoms in total. The molecule has 236 valence electrons. The Labute approximate surface area is 287 Å². The SMILES string of the molecule is COc1cccc(/C=C(\NC(=O)c2ccccc2)C(=O)Nc2ccc(SC(C(=O)Nc3ccc(Cl)c(Cl)c3)c3ccccc3)cc2)c1. The van der Waals surface area contributed by atoms with Gasteiger partial charge in [-0.15, -0.1) is 11.8 Å². The molecule has 0 aliphatic heterocycles. The fourth-order valence-corrected chi connectivity index (χ4v) is 5.80. The molecule has 3 amide bonds. The topological polar surface area (TPSA) is 96.5 Å². The van der Waals surface area contributed by atoms with Crippen LogP contribution in [0.4, 0.5) is 11.4 Å². The normalized spacial score (nSPS) is 11.7. The number of benzene rings is 5. The zero-order valence-electron chi connectivity index (χ0n) is 25.1. The zero-order chi connectivity index (χ0) is 33.2. The van der Waals surface area contributed by atoms with E-state index in [4.69, 9.17) is 27.9 Å². The van der Waals surface area contributed by atoms with Crippen LogP contribution in [0.15, 0.2) is 138 Å². The molecule has 10 heteroatoms. The molecular weight excluding hydrogens is 653 g/mol. The first-order valence-electron chi connectivity index (χ1n) is 14.4. The van der Waals surface area contributed by atoms with E-state index in [2.05, 4.69) is 16.0 Å². The van der Waals surface area contributed by atoms with Crippen molar-refractivity contribution in [1.82, 2.24) is 5.32 Å². The van der Waals surface area contributed by atoms with E-state index in [9.17, 15) is 14.4 Å². The van der Waals surface area contributed by atoms with Crippen molar-refractivity contribution >= 4 is 70.1 Å². The van der Waals surface area contributed by atoms with Crippen molar-refractivity contribution in [3.05, 3.63) is 160 Å². The summed E-state index contributed by atoms with van der Waals surface area (Å²) in [5.74, 6) is -0.563. The highest BCUT2D eigenvalue weighted by molar-refractivity contribution is 8.00. The van der Waals surface area contributed by atoms with E-state index in [1.54, 1.807) is 92.0 Å². The van der Waals surface area contributed by atoms with Gasteiger partial charge < -0.3 is 20.7 Å². The third-order valence-electron chi connectivity index (χ3n) is 6.83. The predicted octanol–water partition coefficient (Wildman–Crippen LogP) is 8.88. The average molecular weight is 683 g/mol. The highest BCUT2D eigenvalue weighted by Crippen LogP contribution is 2.37.